The van der Waals surface area contributed by atoms with Crippen LogP contribution in [-0.2, 0) is 26.0 Å². The molecule has 2 aromatic rings. The van der Waals surface area contributed by atoms with Crippen LogP contribution in [0.2, 0.25) is 0 Å². The number of carbonyl (C=O) groups is 2. The van der Waals surface area contributed by atoms with E-state index < -0.39 is 28.5 Å². The number of nitrogens with one attached hydrogen (secondary N) is 1. The Morgan fingerprint density at radius 3 is 2.45 bits per heavy atom. The van der Waals surface area contributed by atoms with Crippen molar-refractivity contribution in [3.8, 4) is 0 Å². The first-order valence-corrected chi connectivity index (χ1v) is 11.1. The first-order valence-electron chi connectivity index (χ1n) is 8.91. The number of esters is 1. The summed E-state index contributed by atoms with van der Waals surface area (Å²) in [4.78, 5) is 24.0. The Morgan fingerprint density at radius 1 is 1.10 bits per heavy atom. The normalized spacial score (nSPS) is 11.3. The van der Waals surface area contributed by atoms with Crippen molar-refractivity contribution >= 4 is 37.8 Å². The van der Waals surface area contributed by atoms with Gasteiger partial charge in [0.15, 0.2) is 6.61 Å². The fourth-order valence-corrected chi connectivity index (χ4v) is 4.30. The van der Waals surface area contributed by atoms with E-state index >= 15 is 0 Å². The Balaban J connectivity index is 1.85. The Morgan fingerprint density at radius 2 is 1.79 bits per heavy atom. The third-order valence-electron chi connectivity index (χ3n) is 4.07. The van der Waals surface area contributed by atoms with Crippen molar-refractivity contribution in [3.63, 3.8) is 0 Å². The van der Waals surface area contributed by atoms with Gasteiger partial charge in [0.2, 0.25) is 10.0 Å². The van der Waals surface area contributed by atoms with Gasteiger partial charge in [-0.25, -0.2) is 17.5 Å². The minimum atomic E-state index is -3.73. The highest BCUT2D eigenvalue weighted by Gasteiger charge is 2.22. The number of carbonyl (C=O) groups excluding carboxylic acids is 2. The van der Waals surface area contributed by atoms with E-state index in [1.54, 1.807) is 0 Å². The molecule has 9 heteroatoms. The molecule has 1 N–H and O–H groups in total. The number of amides is 1. The van der Waals surface area contributed by atoms with Crippen molar-refractivity contribution in [3.05, 3.63) is 64.1 Å². The van der Waals surface area contributed by atoms with E-state index in [2.05, 4.69) is 21.2 Å². The van der Waals surface area contributed by atoms with Gasteiger partial charge in [0.25, 0.3) is 5.91 Å². The van der Waals surface area contributed by atoms with Crippen LogP contribution < -0.4 is 5.32 Å². The van der Waals surface area contributed by atoms with Crippen LogP contribution in [0.4, 0.5) is 0 Å². The molecule has 0 saturated heterocycles. The summed E-state index contributed by atoms with van der Waals surface area (Å²) >= 11 is 3.18. The molecule has 0 unspecified atom stereocenters. The number of hydrogen-bond donors (Lipinski definition) is 1. The number of benzene rings is 2. The third-order valence-corrected chi connectivity index (χ3v) is 6.88. The maximum Gasteiger partial charge on any atom is 0.338 e. The predicted octanol–water partition coefficient (Wildman–Crippen LogP) is 2.61. The lowest BCUT2D eigenvalue weighted by molar-refractivity contribution is -0.124. The molecule has 2 rings (SSSR count). The molecule has 0 heterocycles. The van der Waals surface area contributed by atoms with Gasteiger partial charge in [0.05, 0.1) is 10.5 Å². The molecule has 0 spiro atoms. The average Bonchev–Trinajstić information content (AvgIpc) is 2.70. The molecular formula is C20H23BrN2O5S. The molecule has 7 nitrogen and oxygen atoms in total. The summed E-state index contributed by atoms with van der Waals surface area (Å²) in [6.07, 6.45) is 1.60. The van der Waals surface area contributed by atoms with E-state index in [9.17, 15) is 18.0 Å². The zero-order valence-corrected chi connectivity index (χ0v) is 18.6. The molecular weight excluding hydrogens is 460 g/mol. The quantitative estimate of drug-likeness (QED) is 0.437. The van der Waals surface area contributed by atoms with Crippen LogP contribution in [0.1, 0.15) is 22.3 Å². The Bertz CT molecular complexity index is 962. The lowest BCUT2D eigenvalue weighted by atomic mass is 10.1. The van der Waals surface area contributed by atoms with Gasteiger partial charge in [-0.1, -0.05) is 30.3 Å². The third kappa shape index (κ3) is 6.66. The molecule has 29 heavy (non-hydrogen) atoms. The number of halogens is 1. The average molecular weight is 483 g/mol. The topological polar surface area (TPSA) is 92.8 Å². The maximum absolute atomic E-state index is 12.3. The molecule has 0 aliphatic rings. The minimum Gasteiger partial charge on any atom is -0.452 e. The van der Waals surface area contributed by atoms with E-state index in [0.29, 0.717) is 11.0 Å². The molecule has 0 saturated carbocycles. The van der Waals surface area contributed by atoms with Gasteiger partial charge in [0, 0.05) is 25.1 Å². The van der Waals surface area contributed by atoms with Crippen LogP contribution in [-0.4, -0.2) is 51.8 Å². The second kappa shape index (κ2) is 10.5. The van der Waals surface area contributed by atoms with Crippen LogP contribution >= 0.6 is 15.9 Å². The molecule has 0 aromatic heterocycles. The van der Waals surface area contributed by atoms with E-state index in [1.807, 2.05) is 30.3 Å². The van der Waals surface area contributed by atoms with Gasteiger partial charge in [-0.15, -0.1) is 0 Å². The summed E-state index contributed by atoms with van der Waals surface area (Å²) in [5.74, 6) is -1.18. The van der Waals surface area contributed by atoms with Crippen molar-refractivity contribution in [2.45, 2.75) is 17.7 Å². The molecule has 156 valence electrons. The summed E-state index contributed by atoms with van der Waals surface area (Å²) in [6, 6.07) is 14.0. The standard InChI is InChI=1S/C20H23BrN2O5S/c1-23(2)29(26,27)18-13-16(10-11-17(18)21)20(25)28-14-19(24)22-12-6-9-15-7-4-3-5-8-15/h3-5,7-8,10-11,13H,6,9,12,14H2,1-2H3,(H,22,24). The molecule has 0 aliphatic heterocycles. The molecule has 2 aromatic carbocycles. The van der Waals surface area contributed by atoms with Crippen molar-refractivity contribution in [1.82, 2.24) is 9.62 Å². The summed E-state index contributed by atoms with van der Waals surface area (Å²) in [5, 5.41) is 2.69. The first-order chi connectivity index (χ1) is 13.7. The molecule has 0 bridgehead atoms. The van der Waals surface area contributed by atoms with Gasteiger partial charge >= 0.3 is 5.97 Å². The minimum absolute atomic E-state index is 0.0468. The second-order valence-electron chi connectivity index (χ2n) is 6.45. The monoisotopic (exact) mass is 482 g/mol. The first kappa shape index (κ1) is 23.1. The van der Waals surface area contributed by atoms with Gasteiger partial charge in [-0.3, -0.25) is 4.79 Å². The largest absolute Gasteiger partial charge is 0.452 e. The number of aryl methyl sites for hydroxylation is 1. The van der Waals surface area contributed by atoms with Crippen LogP contribution in [0.3, 0.4) is 0 Å². The highest BCUT2D eigenvalue weighted by molar-refractivity contribution is 9.10. The highest BCUT2D eigenvalue weighted by Crippen LogP contribution is 2.25. The van der Waals surface area contributed by atoms with Crippen LogP contribution in [0.5, 0.6) is 0 Å². The molecule has 0 radical (unpaired) electrons. The predicted molar refractivity (Wildman–Crippen MR) is 113 cm³/mol. The molecule has 1 amide bonds. The summed E-state index contributed by atoms with van der Waals surface area (Å²) in [6.45, 7) is 0.0325. The van der Waals surface area contributed by atoms with E-state index in [4.69, 9.17) is 4.74 Å². The number of hydrogen-bond acceptors (Lipinski definition) is 5. The van der Waals surface area contributed by atoms with Crippen molar-refractivity contribution in [2.24, 2.45) is 0 Å². The molecule has 0 atom stereocenters. The summed E-state index contributed by atoms with van der Waals surface area (Å²) < 4.78 is 31.0. The Labute approximate surface area is 179 Å². The highest BCUT2D eigenvalue weighted by atomic mass is 79.9. The van der Waals surface area contributed by atoms with Crippen LogP contribution in [0, 0.1) is 0 Å². The number of sulfonamides is 1. The number of ether oxygens (including phenoxy) is 1. The van der Waals surface area contributed by atoms with Crippen LogP contribution in [0.15, 0.2) is 57.9 Å². The van der Waals surface area contributed by atoms with E-state index in [-0.39, 0.29) is 10.5 Å². The summed E-state index contributed by atoms with van der Waals surface area (Å²) in [7, 11) is -0.938. The maximum atomic E-state index is 12.3. The van der Waals surface area contributed by atoms with E-state index in [0.717, 1.165) is 17.1 Å². The van der Waals surface area contributed by atoms with Crippen molar-refractivity contribution in [2.75, 3.05) is 27.2 Å². The second-order valence-corrected chi connectivity index (χ2v) is 9.42. The zero-order chi connectivity index (χ0) is 21.4. The summed E-state index contributed by atoms with van der Waals surface area (Å²) in [5.41, 5.74) is 1.23. The number of nitrogens with zero attached hydrogens (tertiary/aromatic N) is 1. The fraction of sp³-hybridized carbons (Fsp3) is 0.300. The smallest absolute Gasteiger partial charge is 0.338 e. The van der Waals surface area contributed by atoms with Gasteiger partial charge in [-0.2, -0.15) is 0 Å². The molecule has 0 fully saturated rings. The van der Waals surface area contributed by atoms with E-state index in [1.165, 1.54) is 37.9 Å². The lowest BCUT2D eigenvalue weighted by Gasteiger charge is -2.14. The van der Waals surface area contributed by atoms with Gasteiger partial charge < -0.3 is 10.1 Å². The van der Waals surface area contributed by atoms with Crippen molar-refractivity contribution in [1.29, 1.82) is 0 Å². The SMILES string of the molecule is CN(C)S(=O)(=O)c1cc(C(=O)OCC(=O)NCCCc2ccccc2)ccc1Br. The van der Waals surface area contributed by atoms with Gasteiger partial charge in [0.1, 0.15) is 0 Å². The zero-order valence-electron chi connectivity index (χ0n) is 16.2. The fourth-order valence-electron chi connectivity index (χ4n) is 2.46. The number of rotatable bonds is 9. The Kier molecular flexibility index (Phi) is 8.36. The Hall–Kier alpha value is -2.23. The van der Waals surface area contributed by atoms with Crippen LogP contribution in [0.25, 0.3) is 0 Å². The lowest BCUT2D eigenvalue weighted by Crippen LogP contribution is -2.30. The molecule has 0 aliphatic carbocycles. The van der Waals surface area contributed by atoms with Crippen molar-refractivity contribution < 1.29 is 22.7 Å². The van der Waals surface area contributed by atoms with Gasteiger partial charge in [-0.05, 0) is 52.5 Å².